The van der Waals surface area contributed by atoms with Crippen molar-refractivity contribution in [3.63, 3.8) is 0 Å². The predicted octanol–water partition coefficient (Wildman–Crippen LogP) is 4.74. The SMILES string of the molecule is O=C(Nc1ccc(N2CCCCCC2)cc1)c1ccc(F)c(F)c1F. The smallest absolute Gasteiger partial charge is 0.258 e. The minimum Gasteiger partial charge on any atom is -0.372 e. The molecule has 0 unspecified atom stereocenters. The average Bonchev–Trinajstić information content (AvgIpc) is 2.90. The summed E-state index contributed by atoms with van der Waals surface area (Å²) in [6, 6.07) is 8.88. The fourth-order valence-corrected chi connectivity index (χ4v) is 2.98. The van der Waals surface area contributed by atoms with Crippen LogP contribution in [0.5, 0.6) is 0 Å². The molecule has 1 amide bonds. The van der Waals surface area contributed by atoms with E-state index in [0.29, 0.717) is 5.69 Å². The lowest BCUT2D eigenvalue weighted by atomic mass is 10.1. The van der Waals surface area contributed by atoms with Crippen LogP contribution in [0.3, 0.4) is 0 Å². The van der Waals surface area contributed by atoms with Crippen LogP contribution >= 0.6 is 0 Å². The van der Waals surface area contributed by atoms with Gasteiger partial charge < -0.3 is 10.2 Å². The summed E-state index contributed by atoms with van der Waals surface area (Å²) in [5.41, 5.74) is 1.00. The van der Waals surface area contributed by atoms with Crippen LogP contribution in [0.4, 0.5) is 24.5 Å². The molecule has 1 aliphatic heterocycles. The number of rotatable bonds is 3. The Morgan fingerprint density at radius 3 is 2.12 bits per heavy atom. The highest BCUT2D eigenvalue weighted by Crippen LogP contribution is 2.22. The summed E-state index contributed by atoms with van der Waals surface area (Å²) < 4.78 is 39.9. The number of amides is 1. The molecule has 1 aliphatic rings. The standard InChI is InChI=1S/C19H19F3N2O/c20-16-10-9-15(17(21)18(16)22)19(25)23-13-5-7-14(8-6-13)24-11-3-1-2-4-12-24/h5-10H,1-4,11-12H2,(H,23,25). The highest BCUT2D eigenvalue weighted by Gasteiger charge is 2.19. The van der Waals surface area contributed by atoms with E-state index in [1.165, 1.54) is 12.8 Å². The van der Waals surface area contributed by atoms with Crippen LogP contribution in [-0.4, -0.2) is 19.0 Å². The molecule has 0 bridgehead atoms. The largest absolute Gasteiger partial charge is 0.372 e. The van der Waals surface area contributed by atoms with Crippen molar-refractivity contribution < 1.29 is 18.0 Å². The molecule has 132 valence electrons. The van der Waals surface area contributed by atoms with E-state index in [9.17, 15) is 18.0 Å². The molecule has 1 saturated heterocycles. The quantitative estimate of drug-likeness (QED) is 0.813. The Morgan fingerprint density at radius 1 is 0.840 bits per heavy atom. The Labute approximate surface area is 144 Å². The van der Waals surface area contributed by atoms with Gasteiger partial charge in [-0.05, 0) is 49.2 Å². The molecule has 2 aromatic carbocycles. The molecule has 0 aromatic heterocycles. The van der Waals surface area contributed by atoms with Gasteiger partial charge in [-0.1, -0.05) is 12.8 Å². The van der Waals surface area contributed by atoms with Gasteiger partial charge in [-0.15, -0.1) is 0 Å². The second-order valence-electron chi connectivity index (χ2n) is 6.13. The summed E-state index contributed by atoms with van der Waals surface area (Å²) in [6.07, 6.45) is 4.80. The van der Waals surface area contributed by atoms with Gasteiger partial charge in [0, 0.05) is 24.5 Å². The van der Waals surface area contributed by atoms with Crippen molar-refractivity contribution >= 4 is 17.3 Å². The molecule has 3 rings (SSSR count). The second kappa shape index (κ2) is 7.59. The van der Waals surface area contributed by atoms with Gasteiger partial charge in [0.25, 0.3) is 5.91 Å². The van der Waals surface area contributed by atoms with Crippen molar-refractivity contribution in [3.05, 3.63) is 59.4 Å². The first kappa shape index (κ1) is 17.3. The zero-order valence-electron chi connectivity index (χ0n) is 13.7. The normalized spacial score (nSPS) is 14.9. The molecule has 1 fully saturated rings. The summed E-state index contributed by atoms with van der Waals surface area (Å²) in [5.74, 6) is -5.28. The number of anilines is 2. The van der Waals surface area contributed by atoms with Gasteiger partial charge in [0.1, 0.15) is 0 Å². The molecule has 0 aliphatic carbocycles. The number of hydrogen-bond donors (Lipinski definition) is 1. The van der Waals surface area contributed by atoms with E-state index in [0.717, 1.165) is 43.8 Å². The highest BCUT2D eigenvalue weighted by molar-refractivity contribution is 6.04. The summed E-state index contributed by atoms with van der Waals surface area (Å²) >= 11 is 0. The minimum absolute atomic E-state index is 0.465. The van der Waals surface area contributed by atoms with Crippen molar-refractivity contribution in [3.8, 4) is 0 Å². The molecule has 1 heterocycles. The van der Waals surface area contributed by atoms with Crippen molar-refractivity contribution in [2.45, 2.75) is 25.7 Å². The Bertz CT molecular complexity index is 754. The minimum atomic E-state index is -1.65. The van der Waals surface area contributed by atoms with Crippen molar-refractivity contribution in [1.29, 1.82) is 0 Å². The molecule has 0 spiro atoms. The monoisotopic (exact) mass is 348 g/mol. The fourth-order valence-electron chi connectivity index (χ4n) is 2.98. The maximum Gasteiger partial charge on any atom is 0.258 e. The van der Waals surface area contributed by atoms with Crippen LogP contribution < -0.4 is 10.2 Å². The maximum atomic E-state index is 13.7. The number of halogens is 3. The van der Waals surface area contributed by atoms with E-state index in [-0.39, 0.29) is 0 Å². The lowest BCUT2D eigenvalue weighted by molar-refractivity contribution is 0.102. The molecule has 6 heteroatoms. The van der Waals surface area contributed by atoms with Gasteiger partial charge >= 0.3 is 0 Å². The van der Waals surface area contributed by atoms with E-state index in [1.807, 2.05) is 12.1 Å². The van der Waals surface area contributed by atoms with Gasteiger partial charge in [0.2, 0.25) is 0 Å². The number of nitrogens with zero attached hydrogens (tertiary/aromatic N) is 1. The predicted molar refractivity (Wildman–Crippen MR) is 91.4 cm³/mol. The number of carbonyl (C=O) groups excluding carboxylic acids is 1. The zero-order chi connectivity index (χ0) is 17.8. The molecule has 3 nitrogen and oxygen atoms in total. The van der Waals surface area contributed by atoms with E-state index in [4.69, 9.17) is 0 Å². The molecule has 0 atom stereocenters. The van der Waals surface area contributed by atoms with E-state index in [1.54, 1.807) is 12.1 Å². The number of hydrogen-bond acceptors (Lipinski definition) is 2. The number of benzene rings is 2. The van der Waals surface area contributed by atoms with E-state index < -0.39 is 28.9 Å². The zero-order valence-corrected chi connectivity index (χ0v) is 13.7. The summed E-state index contributed by atoms with van der Waals surface area (Å²) in [7, 11) is 0. The first-order chi connectivity index (χ1) is 12.1. The summed E-state index contributed by atoms with van der Waals surface area (Å²) in [5, 5.41) is 2.50. The highest BCUT2D eigenvalue weighted by atomic mass is 19.2. The number of nitrogens with one attached hydrogen (secondary N) is 1. The van der Waals surface area contributed by atoms with Gasteiger partial charge in [0.05, 0.1) is 5.56 Å². The maximum absolute atomic E-state index is 13.7. The van der Waals surface area contributed by atoms with Crippen molar-refractivity contribution in [2.24, 2.45) is 0 Å². The third-order valence-corrected chi connectivity index (χ3v) is 4.38. The molecule has 2 aromatic rings. The van der Waals surface area contributed by atoms with Crippen LogP contribution in [0.25, 0.3) is 0 Å². The van der Waals surface area contributed by atoms with Crippen LogP contribution in [0.2, 0.25) is 0 Å². The number of carbonyl (C=O) groups is 1. The lowest BCUT2D eigenvalue weighted by Crippen LogP contribution is -2.23. The Morgan fingerprint density at radius 2 is 1.48 bits per heavy atom. The van der Waals surface area contributed by atoms with Gasteiger partial charge in [-0.3, -0.25) is 4.79 Å². The van der Waals surface area contributed by atoms with Crippen molar-refractivity contribution in [2.75, 3.05) is 23.3 Å². The first-order valence-corrected chi connectivity index (χ1v) is 8.36. The molecular formula is C19H19F3N2O. The van der Waals surface area contributed by atoms with Gasteiger partial charge in [0.15, 0.2) is 17.5 Å². The van der Waals surface area contributed by atoms with E-state index >= 15 is 0 Å². The van der Waals surface area contributed by atoms with Gasteiger partial charge in [-0.25, -0.2) is 13.2 Å². The third kappa shape index (κ3) is 3.95. The average molecular weight is 348 g/mol. The lowest BCUT2D eigenvalue weighted by Gasteiger charge is -2.22. The van der Waals surface area contributed by atoms with Crippen molar-refractivity contribution in [1.82, 2.24) is 0 Å². The van der Waals surface area contributed by atoms with Crippen LogP contribution in [0.15, 0.2) is 36.4 Å². The topological polar surface area (TPSA) is 32.3 Å². The van der Waals surface area contributed by atoms with Gasteiger partial charge in [-0.2, -0.15) is 0 Å². The molecule has 25 heavy (non-hydrogen) atoms. The molecule has 0 radical (unpaired) electrons. The second-order valence-corrected chi connectivity index (χ2v) is 6.13. The van der Waals surface area contributed by atoms with E-state index in [2.05, 4.69) is 10.2 Å². The Balaban J connectivity index is 1.71. The summed E-state index contributed by atoms with van der Waals surface area (Å²) in [6.45, 7) is 2.01. The fraction of sp³-hybridized carbons (Fsp3) is 0.316. The first-order valence-electron chi connectivity index (χ1n) is 8.36. The third-order valence-electron chi connectivity index (χ3n) is 4.38. The molecule has 1 N–H and O–H groups in total. The summed E-state index contributed by atoms with van der Waals surface area (Å²) in [4.78, 5) is 14.4. The molecule has 0 saturated carbocycles. The Kier molecular flexibility index (Phi) is 5.26. The van der Waals surface area contributed by atoms with Crippen LogP contribution in [-0.2, 0) is 0 Å². The van der Waals surface area contributed by atoms with Crippen LogP contribution in [0.1, 0.15) is 36.0 Å². The van der Waals surface area contributed by atoms with Crippen LogP contribution in [0, 0.1) is 17.5 Å². The molecular weight excluding hydrogens is 329 g/mol. The Hall–Kier alpha value is -2.50.